The summed E-state index contributed by atoms with van der Waals surface area (Å²) in [4.78, 5) is 17.6. The van der Waals surface area contributed by atoms with Crippen molar-refractivity contribution in [3.8, 4) is 5.75 Å². The molecule has 0 aliphatic carbocycles. The van der Waals surface area contributed by atoms with E-state index in [1.54, 1.807) is 23.4 Å². The molecule has 0 unspecified atom stereocenters. The number of amides is 2. The molecule has 0 bridgehead atoms. The second-order valence-corrected chi connectivity index (χ2v) is 5.50. The first-order valence-corrected chi connectivity index (χ1v) is 7.43. The largest absolute Gasteiger partial charge is 0.485 e. The van der Waals surface area contributed by atoms with Gasteiger partial charge in [-0.1, -0.05) is 23.7 Å². The summed E-state index contributed by atoms with van der Waals surface area (Å²) in [6, 6.07) is 11.0. The monoisotopic (exact) mass is 317 g/mol. The van der Waals surface area contributed by atoms with Gasteiger partial charge in [-0.2, -0.15) is 0 Å². The van der Waals surface area contributed by atoms with E-state index in [-0.39, 0.29) is 12.1 Å². The molecule has 1 aliphatic rings. The Bertz CT molecular complexity index is 645. The van der Waals surface area contributed by atoms with Crippen LogP contribution in [0.4, 0.5) is 4.79 Å². The summed E-state index contributed by atoms with van der Waals surface area (Å²) >= 11 is 6.04. The third-order valence-electron chi connectivity index (χ3n) is 3.46. The van der Waals surface area contributed by atoms with Gasteiger partial charge < -0.3 is 15.0 Å². The SMILES string of the molecule is O=C(NCc1ccncc1)N1CC(Oc2ccccc2Cl)C1. The number of benzene rings is 1. The van der Waals surface area contributed by atoms with E-state index in [4.69, 9.17) is 16.3 Å². The number of nitrogens with zero attached hydrogens (tertiary/aromatic N) is 2. The van der Waals surface area contributed by atoms with E-state index in [0.29, 0.717) is 30.4 Å². The molecule has 2 amide bonds. The van der Waals surface area contributed by atoms with Crippen molar-refractivity contribution in [1.82, 2.24) is 15.2 Å². The minimum Gasteiger partial charge on any atom is -0.485 e. The molecule has 1 fully saturated rings. The predicted octanol–water partition coefficient (Wildman–Crippen LogP) is 2.71. The Hall–Kier alpha value is -2.27. The van der Waals surface area contributed by atoms with Crippen LogP contribution >= 0.6 is 11.6 Å². The first kappa shape index (κ1) is 14.7. The molecule has 1 saturated heterocycles. The molecule has 22 heavy (non-hydrogen) atoms. The number of likely N-dealkylation sites (tertiary alicyclic amines) is 1. The molecule has 5 nitrogen and oxygen atoms in total. The highest BCUT2D eigenvalue weighted by molar-refractivity contribution is 6.32. The zero-order valence-corrected chi connectivity index (χ0v) is 12.7. The van der Waals surface area contributed by atoms with Gasteiger partial charge in [-0.25, -0.2) is 4.79 Å². The van der Waals surface area contributed by atoms with Gasteiger partial charge in [0.2, 0.25) is 0 Å². The second-order valence-electron chi connectivity index (χ2n) is 5.09. The molecule has 2 heterocycles. The molecule has 1 aliphatic heterocycles. The Morgan fingerprint density at radius 2 is 2.00 bits per heavy atom. The highest BCUT2D eigenvalue weighted by Crippen LogP contribution is 2.26. The standard InChI is InChI=1S/C16H16ClN3O2/c17-14-3-1-2-4-15(14)22-13-10-20(11-13)16(21)19-9-12-5-7-18-8-6-12/h1-8,13H,9-11H2,(H,19,21). The van der Waals surface area contributed by atoms with Crippen molar-refractivity contribution in [3.05, 3.63) is 59.4 Å². The second kappa shape index (κ2) is 6.66. The van der Waals surface area contributed by atoms with E-state index in [2.05, 4.69) is 10.3 Å². The first-order valence-electron chi connectivity index (χ1n) is 7.05. The normalized spacial score (nSPS) is 14.3. The summed E-state index contributed by atoms with van der Waals surface area (Å²) in [6.45, 7) is 1.62. The molecule has 114 valence electrons. The lowest BCUT2D eigenvalue weighted by Crippen LogP contribution is -2.58. The van der Waals surface area contributed by atoms with Crippen molar-refractivity contribution in [1.29, 1.82) is 0 Å². The van der Waals surface area contributed by atoms with Gasteiger partial charge in [0, 0.05) is 18.9 Å². The molecule has 2 aromatic rings. The maximum absolute atomic E-state index is 12.0. The van der Waals surface area contributed by atoms with Gasteiger partial charge in [-0.15, -0.1) is 0 Å². The third-order valence-corrected chi connectivity index (χ3v) is 3.77. The van der Waals surface area contributed by atoms with Crippen LogP contribution in [0.25, 0.3) is 0 Å². The number of nitrogens with one attached hydrogen (secondary N) is 1. The quantitative estimate of drug-likeness (QED) is 0.943. The number of para-hydroxylation sites is 1. The molecule has 0 radical (unpaired) electrons. The van der Waals surface area contributed by atoms with Gasteiger partial charge >= 0.3 is 6.03 Å². The fraction of sp³-hybridized carbons (Fsp3) is 0.250. The highest BCUT2D eigenvalue weighted by atomic mass is 35.5. The van der Waals surface area contributed by atoms with Crippen LogP contribution in [0.15, 0.2) is 48.8 Å². The van der Waals surface area contributed by atoms with Crippen LogP contribution in [0.1, 0.15) is 5.56 Å². The zero-order chi connectivity index (χ0) is 15.4. The average molecular weight is 318 g/mol. The van der Waals surface area contributed by atoms with Crippen molar-refractivity contribution >= 4 is 17.6 Å². The lowest BCUT2D eigenvalue weighted by atomic mass is 10.2. The van der Waals surface area contributed by atoms with Gasteiger partial charge in [-0.3, -0.25) is 4.98 Å². The van der Waals surface area contributed by atoms with Crippen LogP contribution in [-0.4, -0.2) is 35.1 Å². The van der Waals surface area contributed by atoms with Gasteiger partial charge in [0.1, 0.15) is 11.9 Å². The Morgan fingerprint density at radius 3 is 2.73 bits per heavy atom. The van der Waals surface area contributed by atoms with Gasteiger partial charge in [0.25, 0.3) is 0 Å². The lowest BCUT2D eigenvalue weighted by Gasteiger charge is -2.38. The number of carbonyl (C=O) groups excluding carboxylic acids is 1. The molecule has 1 aromatic carbocycles. The average Bonchev–Trinajstić information content (AvgIpc) is 2.51. The van der Waals surface area contributed by atoms with E-state index in [1.165, 1.54) is 0 Å². The number of pyridine rings is 1. The maximum atomic E-state index is 12.0. The van der Waals surface area contributed by atoms with Crippen LogP contribution in [0.5, 0.6) is 5.75 Å². The van der Waals surface area contributed by atoms with Gasteiger partial charge in [-0.05, 0) is 29.8 Å². The summed E-state index contributed by atoms with van der Waals surface area (Å²) in [5, 5.41) is 3.46. The number of hydrogen-bond donors (Lipinski definition) is 1. The highest BCUT2D eigenvalue weighted by Gasteiger charge is 2.32. The molecule has 0 atom stereocenters. The molecule has 1 N–H and O–H groups in total. The fourth-order valence-electron chi connectivity index (χ4n) is 2.19. The Balaban J connectivity index is 1.43. The van der Waals surface area contributed by atoms with Crippen LogP contribution in [0.3, 0.4) is 0 Å². The minimum atomic E-state index is -0.0872. The van der Waals surface area contributed by atoms with Crippen molar-refractivity contribution in [2.24, 2.45) is 0 Å². The Kier molecular flexibility index (Phi) is 4.44. The summed E-state index contributed by atoms with van der Waals surface area (Å²) in [5.41, 5.74) is 1.02. The van der Waals surface area contributed by atoms with Crippen LogP contribution in [0, 0.1) is 0 Å². The van der Waals surface area contributed by atoms with E-state index < -0.39 is 0 Å². The number of ether oxygens (including phenoxy) is 1. The van der Waals surface area contributed by atoms with Gasteiger partial charge in [0.05, 0.1) is 18.1 Å². The molecule has 1 aromatic heterocycles. The molecular formula is C16H16ClN3O2. The molecular weight excluding hydrogens is 302 g/mol. The van der Waals surface area contributed by atoms with Crippen LogP contribution < -0.4 is 10.1 Å². The summed E-state index contributed by atoms with van der Waals surface area (Å²) < 4.78 is 5.76. The number of halogens is 1. The van der Waals surface area contributed by atoms with Crippen molar-refractivity contribution in [2.75, 3.05) is 13.1 Å². The van der Waals surface area contributed by atoms with E-state index in [1.807, 2.05) is 30.3 Å². The molecule has 0 spiro atoms. The molecule has 6 heteroatoms. The summed E-state index contributed by atoms with van der Waals surface area (Å²) in [7, 11) is 0. The van der Waals surface area contributed by atoms with Gasteiger partial charge in [0.15, 0.2) is 0 Å². The minimum absolute atomic E-state index is 0.00780. The van der Waals surface area contributed by atoms with Crippen molar-refractivity contribution < 1.29 is 9.53 Å². The zero-order valence-electron chi connectivity index (χ0n) is 11.9. The Morgan fingerprint density at radius 1 is 1.27 bits per heavy atom. The first-order chi connectivity index (χ1) is 10.7. The third kappa shape index (κ3) is 3.49. The van der Waals surface area contributed by atoms with E-state index >= 15 is 0 Å². The summed E-state index contributed by atoms with van der Waals surface area (Å²) in [6.07, 6.45) is 3.41. The van der Waals surface area contributed by atoms with Crippen molar-refractivity contribution in [2.45, 2.75) is 12.6 Å². The Labute approximate surface area is 133 Å². The number of rotatable bonds is 4. The van der Waals surface area contributed by atoms with E-state index in [0.717, 1.165) is 5.56 Å². The maximum Gasteiger partial charge on any atom is 0.317 e. The molecule has 0 saturated carbocycles. The number of urea groups is 1. The number of aromatic nitrogens is 1. The lowest BCUT2D eigenvalue weighted by molar-refractivity contribution is 0.0444. The number of carbonyl (C=O) groups is 1. The fourth-order valence-corrected chi connectivity index (χ4v) is 2.37. The van der Waals surface area contributed by atoms with Crippen LogP contribution in [0.2, 0.25) is 5.02 Å². The smallest absolute Gasteiger partial charge is 0.317 e. The topological polar surface area (TPSA) is 54.5 Å². The number of hydrogen-bond acceptors (Lipinski definition) is 3. The van der Waals surface area contributed by atoms with E-state index in [9.17, 15) is 4.79 Å². The summed E-state index contributed by atoms with van der Waals surface area (Å²) in [5.74, 6) is 0.658. The predicted molar refractivity (Wildman–Crippen MR) is 83.9 cm³/mol. The van der Waals surface area contributed by atoms with Crippen molar-refractivity contribution in [3.63, 3.8) is 0 Å². The molecule has 3 rings (SSSR count). The van der Waals surface area contributed by atoms with Crippen LogP contribution in [-0.2, 0) is 6.54 Å².